The molecule has 0 aliphatic carbocycles. The molecule has 0 saturated heterocycles. The number of methoxy groups -OCH3 is 1. The van der Waals surface area contributed by atoms with E-state index in [4.69, 9.17) is 5.11 Å². The van der Waals surface area contributed by atoms with E-state index in [9.17, 15) is 19.5 Å². The van der Waals surface area contributed by atoms with Crippen LogP contribution in [0.5, 0.6) is 0 Å². The molecule has 1 atom stereocenters. The molecule has 0 aliphatic rings. The van der Waals surface area contributed by atoms with E-state index in [-0.39, 0.29) is 0 Å². The fraction of sp³-hybridized carbons (Fsp3) is 0.267. The third-order valence-electron chi connectivity index (χ3n) is 3.23. The van der Waals surface area contributed by atoms with Crippen molar-refractivity contribution in [2.45, 2.75) is 12.5 Å². The molecule has 2 amide bonds. The van der Waals surface area contributed by atoms with Gasteiger partial charge < -0.3 is 25.6 Å². The molecule has 9 heteroatoms. The van der Waals surface area contributed by atoms with Crippen molar-refractivity contribution in [3.8, 4) is 0 Å². The first kappa shape index (κ1) is 17.7. The van der Waals surface area contributed by atoms with Gasteiger partial charge in [-0.15, -0.1) is 11.3 Å². The number of carboxylic acid groups (broad SMARTS) is 1. The van der Waals surface area contributed by atoms with Crippen molar-refractivity contribution in [3.63, 3.8) is 0 Å². The number of ether oxygens (including phenoxy) is 1. The van der Waals surface area contributed by atoms with Crippen LogP contribution >= 0.6 is 11.3 Å². The molecule has 2 aromatic rings. The second-order valence-electron chi connectivity index (χ2n) is 5.21. The smallest absolute Gasteiger partial charge is 0.348 e. The van der Waals surface area contributed by atoms with Crippen LogP contribution in [-0.4, -0.2) is 47.4 Å². The van der Waals surface area contributed by atoms with Crippen LogP contribution in [0.15, 0.2) is 24.3 Å². The molecule has 0 radical (unpaired) electrons. The molecule has 1 aromatic carbocycles. The summed E-state index contributed by atoms with van der Waals surface area (Å²) in [6.45, 7) is 0.625. The van der Waals surface area contributed by atoms with E-state index in [2.05, 4.69) is 15.4 Å². The highest BCUT2D eigenvalue weighted by molar-refractivity contribution is 7.21. The SMILES string of the molecule is COC(=O)c1cc2cccc(NC(=O)NCC(C)(O)C(=O)O)c2s1. The molecule has 128 valence electrons. The standard InChI is InChI=1S/C15H16N2O6S/c1-15(22,13(19)20)7-16-14(21)17-9-5-3-4-8-6-10(12(18)23-2)24-11(8)9/h3-6,22H,7H2,1-2H3,(H,19,20)(H2,16,17,21). The van der Waals surface area contributed by atoms with Gasteiger partial charge in [0.1, 0.15) is 4.88 Å². The number of carbonyl (C=O) groups excluding carboxylic acids is 2. The monoisotopic (exact) mass is 352 g/mol. The molecule has 1 aromatic heterocycles. The van der Waals surface area contributed by atoms with Crippen LogP contribution < -0.4 is 10.6 Å². The molecule has 0 saturated carbocycles. The molecular weight excluding hydrogens is 336 g/mol. The zero-order valence-corrected chi connectivity index (χ0v) is 13.8. The highest BCUT2D eigenvalue weighted by atomic mass is 32.1. The van der Waals surface area contributed by atoms with Crippen molar-refractivity contribution in [3.05, 3.63) is 29.1 Å². The quantitative estimate of drug-likeness (QED) is 0.606. The Hall–Kier alpha value is -2.65. The predicted molar refractivity (Wildman–Crippen MR) is 88.4 cm³/mol. The number of aliphatic carboxylic acids is 1. The maximum Gasteiger partial charge on any atom is 0.348 e. The summed E-state index contributed by atoms with van der Waals surface area (Å²) in [5.74, 6) is -1.91. The van der Waals surface area contributed by atoms with Crippen LogP contribution in [0, 0.1) is 0 Å². The number of hydrogen-bond acceptors (Lipinski definition) is 6. The van der Waals surface area contributed by atoms with Crippen molar-refractivity contribution < 1.29 is 29.3 Å². The Balaban J connectivity index is 2.15. The van der Waals surface area contributed by atoms with E-state index in [1.165, 1.54) is 18.4 Å². The topological polar surface area (TPSA) is 125 Å². The molecule has 2 rings (SSSR count). The summed E-state index contributed by atoms with van der Waals surface area (Å²) >= 11 is 1.17. The summed E-state index contributed by atoms with van der Waals surface area (Å²) < 4.78 is 5.35. The van der Waals surface area contributed by atoms with Crippen LogP contribution in [0.2, 0.25) is 0 Å². The third kappa shape index (κ3) is 3.81. The fourth-order valence-electron chi connectivity index (χ4n) is 1.86. The molecule has 24 heavy (non-hydrogen) atoms. The maximum atomic E-state index is 11.9. The lowest BCUT2D eigenvalue weighted by Gasteiger charge is -2.18. The molecule has 0 bridgehead atoms. The zero-order chi connectivity index (χ0) is 17.9. The molecule has 1 unspecified atom stereocenters. The van der Waals surface area contributed by atoms with E-state index >= 15 is 0 Å². The number of benzene rings is 1. The predicted octanol–water partition coefficient (Wildman–Crippen LogP) is 1.64. The first-order valence-corrected chi connectivity index (χ1v) is 7.68. The van der Waals surface area contributed by atoms with E-state index in [1.54, 1.807) is 24.3 Å². The van der Waals surface area contributed by atoms with Gasteiger partial charge in [0.15, 0.2) is 5.60 Å². The number of rotatable bonds is 5. The van der Waals surface area contributed by atoms with Crippen molar-refractivity contribution in [2.24, 2.45) is 0 Å². The first-order valence-electron chi connectivity index (χ1n) is 6.86. The number of fused-ring (bicyclic) bond motifs is 1. The number of aliphatic hydroxyl groups is 1. The molecular formula is C15H16N2O6S. The van der Waals surface area contributed by atoms with Crippen LogP contribution in [0.4, 0.5) is 10.5 Å². The minimum absolute atomic E-state index is 0.399. The molecule has 1 heterocycles. The number of esters is 1. The summed E-state index contributed by atoms with van der Waals surface area (Å²) in [6, 6.07) is 6.13. The van der Waals surface area contributed by atoms with Gasteiger partial charge in [0.25, 0.3) is 0 Å². The van der Waals surface area contributed by atoms with Gasteiger partial charge in [0.2, 0.25) is 0 Å². The van der Waals surface area contributed by atoms with Crippen LogP contribution in [-0.2, 0) is 9.53 Å². The van der Waals surface area contributed by atoms with E-state index in [0.717, 1.165) is 12.3 Å². The van der Waals surface area contributed by atoms with Gasteiger partial charge in [-0.05, 0) is 24.4 Å². The van der Waals surface area contributed by atoms with Gasteiger partial charge in [-0.2, -0.15) is 0 Å². The normalized spacial score (nSPS) is 13.1. The first-order chi connectivity index (χ1) is 11.2. The lowest BCUT2D eigenvalue weighted by Crippen LogP contribution is -2.47. The van der Waals surface area contributed by atoms with Crippen molar-refractivity contribution in [1.82, 2.24) is 5.32 Å². The number of carbonyl (C=O) groups is 3. The maximum absolute atomic E-state index is 11.9. The van der Waals surface area contributed by atoms with Gasteiger partial charge >= 0.3 is 18.0 Å². The highest BCUT2D eigenvalue weighted by Gasteiger charge is 2.30. The van der Waals surface area contributed by atoms with Crippen molar-refractivity contribution in [1.29, 1.82) is 0 Å². The van der Waals surface area contributed by atoms with Crippen molar-refractivity contribution >= 4 is 45.1 Å². The summed E-state index contributed by atoms with van der Waals surface area (Å²) in [6.07, 6.45) is 0. The lowest BCUT2D eigenvalue weighted by molar-refractivity contribution is -0.155. The Bertz CT molecular complexity index is 798. The van der Waals surface area contributed by atoms with E-state index in [1.807, 2.05) is 0 Å². The number of thiophene rings is 1. The van der Waals surface area contributed by atoms with Gasteiger partial charge in [-0.25, -0.2) is 14.4 Å². The Morgan fingerprint density at radius 3 is 2.67 bits per heavy atom. The second-order valence-corrected chi connectivity index (χ2v) is 6.27. The second kappa shape index (κ2) is 6.85. The van der Waals surface area contributed by atoms with E-state index < -0.39 is 30.1 Å². The minimum Gasteiger partial charge on any atom is -0.479 e. The van der Waals surface area contributed by atoms with Gasteiger partial charge in [0.05, 0.1) is 24.0 Å². The Labute approximate surface area is 141 Å². The average molecular weight is 352 g/mol. The van der Waals surface area contributed by atoms with E-state index in [0.29, 0.717) is 15.3 Å². The van der Waals surface area contributed by atoms with Gasteiger partial charge in [-0.3, -0.25) is 0 Å². The Morgan fingerprint density at radius 1 is 1.33 bits per heavy atom. The van der Waals surface area contributed by atoms with Crippen molar-refractivity contribution in [2.75, 3.05) is 19.0 Å². The summed E-state index contributed by atoms with van der Waals surface area (Å²) in [7, 11) is 1.29. The summed E-state index contributed by atoms with van der Waals surface area (Å²) in [5.41, 5.74) is -1.61. The number of urea groups is 1. The number of amides is 2. The minimum atomic E-state index is -2.07. The molecule has 8 nitrogen and oxygen atoms in total. The number of nitrogens with one attached hydrogen (secondary N) is 2. The Kier molecular flexibility index (Phi) is 5.05. The van der Waals surface area contributed by atoms with Crippen LogP contribution in [0.1, 0.15) is 16.6 Å². The number of hydrogen-bond donors (Lipinski definition) is 4. The fourth-order valence-corrected chi connectivity index (χ4v) is 2.90. The molecule has 0 aliphatic heterocycles. The van der Waals surface area contributed by atoms with Crippen LogP contribution in [0.3, 0.4) is 0 Å². The molecule has 0 fully saturated rings. The summed E-state index contributed by atoms with van der Waals surface area (Å²) in [4.78, 5) is 34.7. The van der Waals surface area contributed by atoms with Crippen LogP contribution in [0.25, 0.3) is 10.1 Å². The summed E-state index contributed by atoms with van der Waals surface area (Å²) in [5, 5.41) is 24.0. The number of carboxylic acids is 1. The molecule has 4 N–H and O–H groups in total. The third-order valence-corrected chi connectivity index (χ3v) is 4.40. The number of anilines is 1. The zero-order valence-electron chi connectivity index (χ0n) is 13.0. The van der Waals surface area contributed by atoms with Gasteiger partial charge in [-0.1, -0.05) is 12.1 Å². The Morgan fingerprint density at radius 2 is 2.04 bits per heavy atom. The molecule has 0 spiro atoms. The van der Waals surface area contributed by atoms with Gasteiger partial charge in [0, 0.05) is 0 Å². The lowest BCUT2D eigenvalue weighted by atomic mass is 10.1. The average Bonchev–Trinajstić information content (AvgIpc) is 2.97. The largest absolute Gasteiger partial charge is 0.479 e. The highest BCUT2D eigenvalue weighted by Crippen LogP contribution is 2.32.